The second-order valence-electron chi connectivity index (χ2n) is 7.39. The van der Waals surface area contributed by atoms with Gasteiger partial charge in [0.1, 0.15) is 0 Å². The summed E-state index contributed by atoms with van der Waals surface area (Å²) >= 11 is 0. The maximum Gasteiger partial charge on any atom is 0.220 e. The molecule has 1 atom stereocenters. The molecule has 1 amide bonds. The minimum atomic E-state index is -0.972. The van der Waals surface area contributed by atoms with Crippen LogP contribution >= 0.6 is 0 Å². The number of ether oxygens (including phenoxy) is 1. The average Bonchev–Trinajstić information content (AvgIpc) is 2.56. The molecular formula is C19H29N3O3. The number of morpholine rings is 1. The quantitative estimate of drug-likeness (QED) is 0.793. The molecule has 2 heterocycles. The summed E-state index contributed by atoms with van der Waals surface area (Å²) in [6.07, 6.45) is 1.58. The first-order chi connectivity index (χ1) is 12.0. The standard InChI is InChI=1S/C19H29N3O3/c20-18(23)12-19(24)6-1-7-22(15-19)14-17-4-2-16(3-5-17)13-21-8-10-25-11-9-21/h2-5,24H,1,6-15H2,(H2,20,23). The van der Waals surface area contributed by atoms with E-state index in [0.717, 1.165) is 52.4 Å². The molecule has 3 N–H and O–H groups in total. The van der Waals surface area contributed by atoms with Crippen LogP contribution in [0.2, 0.25) is 0 Å². The zero-order valence-electron chi connectivity index (χ0n) is 14.8. The van der Waals surface area contributed by atoms with Gasteiger partial charge in [0.05, 0.1) is 25.2 Å². The van der Waals surface area contributed by atoms with E-state index in [1.54, 1.807) is 0 Å². The number of rotatable bonds is 6. The molecule has 2 fully saturated rings. The Bertz CT molecular complexity index is 572. The number of primary amides is 1. The largest absolute Gasteiger partial charge is 0.388 e. The van der Waals surface area contributed by atoms with Gasteiger partial charge >= 0.3 is 0 Å². The van der Waals surface area contributed by atoms with E-state index in [-0.39, 0.29) is 6.42 Å². The molecule has 0 aromatic heterocycles. The van der Waals surface area contributed by atoms with Crippen molar-refractivity contribution in [2.75, 3.05) is 39.4 Å². The van der Waals surface area contributed by atoms with Gasteiger partial charge in [0.25, 0.3) is 0 Å². The van der Waals surface area contributed by atoms with Crippen molar-refractivity contribution >= 4 is 5.91 Å². The van der Waals surface area contributed by atoms with Crippen LogP contribution < -0.4 is 5.73 Å². The molecule has 2 aliphatic rings. The van der Waals surface area contributed by atoms with Gasteiger partial charge in [-0.2, -0.15) is 0 Å². The summed E-state index contributed by atoms with van der Waals surface area (Å²) in [6.45, 7) is 6.83. The zero-order valence-corrected chi connectivity index (χ0v) is 14.8. The van der Waals surface area contributed by atoms with Crippen molar-refractivity contribution in [3.05, 3.63) is 35.4 Å². The number of aliphatic hydroxyl groups is 1. The summed E-state index contributed by atoms with van der Waals surface area (Å²) in [7, 11) is 0. The van der Waals surface area contributed by atoms with E-state index >= 15 is 0 Å². The van der Waals surface area contributed by atoms with Gasteiger partial charge in [0.15, 0.2) is 0 Å². The summed E-state index contributed by atoms with van der Waals surface area (Å²) in [6, 6.07) is 8.70. The van der Waals surface area contributed by atoms with Gasteiger partial charge in [-0.15, -0.1) is 0 Å². The Labute approximate surface area is 149 Å². The van der Waals surface area contributed by atoms with Crippen LogP contribution in [-0.4, -0.2) is 65.8 Å². The monoisotopic (exact) mass is 347 g/mol. The number of carbonyl (C=O) groups excluding carboxylic acids is 1. The molecule has 2 aliphatic heterocycles. The normalized spacial score (nSPS) is 25.8. The van der Waals surface area contributed by atoms with Crippen LogP contribution in [-0.2, 0) is 22.6 Å². The van der Waals surface area contributed by atoms with Gasteiger partial charge in [0, 0.05) is 32.7 Å². The molecule has 138 valence electrons. The second kappa shape index (κ2) is 8.27. The Balaban J connectivity index is 1.53. The minimum absolute atomic E-state index is 0.0436. The number of nitrogens with zero attached hydrogens (tertiary/aromatic N) is 2. The zero-order chi connectivity index (χ0) is 17.7. The lowest BCUT2D eigenvalue weighted by molar-refractivity contribution is -0.125. The third kappa shape index (κ3) is 5.51. The molecule has 2 saturated heterocycles. The fourth-order valence-corrected chi connectivity index (χ4v) is 3.84. The van der Waals surface area contributed by atoms with Crippen molar-refractivity contribution in [1.82, 2.24) is 9.80 Å². The fourth-order valence-electron chi connectivity index (χ4n) is 3.84. The number of hydrogen-bond donors (Lipinski definition) is 2. The number of carbonyl (C=O) groups is 1. The van der Waals surface area contributed by atoms with Gasteiger partial charge in [-0.05, 0) is 30.5 Å². The highest BCUT2D eigenvalue weighted by atomic mass is 16.5. The van der Waals surface area contributed by atoms with Crippen molar-refractivity contribution in [1.29, 1.82) is 0 Å². The van der Waals surface area contributed by atoms with E-state index in [0.29, 0.717) is 13.0 Å². The molecule has 0 radical (unpaired) electrons. The SMILES string of the molecule is NC(=O)CC1(O)CCCN(Cc2ccc(CN3CCOCC3)cc2)C1. The average molecular weight is 347 g/mol. The molecule has 0 spiro atoms. The fraction of sp³-hybridized carbons (Fsp3) is 0.632. The Morgan fingerprint density at radius 1 is 1.08 bits per heavy atom. The molecule has 25 heavy (non-hydrogen) atoms. The van der Waals surface area contributed by atoms with E-state index in [9.17, 15) is 9.90 Å². The summed E-state index contributed by atoms with van der Waals surface area (Å²) in [5, 5.41) is 10.6. The van der Waals surface area contributed by atoms with E-state index < -0.39 is 11.5 Å². The molecular weight excluding hydrogens is 318 g/mol. The molecule has 0 saturated carbocycles. The molecule has 1 unspecified atom stereocenters. The van der Waals surface area contributed by atoms with Gasteiger partial charge in [-0.3, -0.25) is 14.6 Å². The molecule has 3 rings (SSSR count). The predicted octanol–water partition coefficient (Wildman–Crippen LogP) is 0.721. The van der Waals surface area contributed by atoms with E-state index in [1.165, 1.54) is 11.1 Å². The van der Waals surface area contributed by atoms with Gasteiger partial charge in [-0.1, -0.05) is 24.3 Å². The third-order valence-corrected chi connectivity index (χ3v) is 5.08. The Morgan fingerprint density at radius 3 is 2.28 bits per heavy atom. The number of hydrogen-bond acceptors (Lipinski definition) is 5. The molecule has 1 aromatic carbocycles. The van der Waals surface area contributed by atoms with Gasteiger partial charge < -0.3 is 15.6 Å². The summed E-state index contributed by atoms with van der Waals surface area (Å²) in [4.78, 5) is 15.8. The number of β-amino-alcohol motifs (C(OH)–C–C–N with tert-alkyl or cyclic N) is 1. The number of nitrogens with two attached hydrogens (primary N) is 1. The Hall–Kier alpha value is -1.47. The van der Waals surface area contributed by atoms with Crippen LogP contribution in [0.25, 0.3) is 0 Å². The lowest BCUT2D eigenvalue weighted by Crippen LogP contribution is -2.49. The number of likely N-dealkylation sites (tertiary alicyclic amines) is 1. The van der Waals surface area contributed by atoms with Crippen molar-refractivity contribution in [2.24, 2.45) is 5.73 Å². The summed E-state index contributed by atoms with van der Waals surface area (Å²) in [5.41, 5.74) is 6.84. The molecule has 1 aromatic rings. The molecule has 0 bridgehead atoms. The Kier molecular flexibility index (Phi) is 6.06. The molecule has 0 aliphatic carbocycles. The lowest BCUT2D eigenvalue weighted by Gasteiger charge is -2.38. The number of benzene rings is 1. The van der Waals surface area contributed by atoms with Crippen molar-refractivity contribution < 1.29 is 14.6 Å². The van der Waals surface area contributed by atoms with Crippen LogP contribution in [0, 0.1) is 0 Å². The Morgan fingerprint density at radius 2 is 1.68 bits per heavy atom. The van der Waals surface area contributed by atoms with Crippen LogP contribution in [0.15, 0.2) is 24.3 Å². The topological polar surface area (TPSA) is 79.0 Å². The summed E-state index contributed by atoms with van der Waals surface area (Å²) < 4.78 is 5.39. The highest BCUT2D eigenvalue weighted by Crippen LogP contribution is 2.25. The van der Waals surface area contributed by atoms with Crippen LogP contribution in [0.1, 0.15) is 30.4 Å². The van der Waals surface area contributed by atoms with Crippen molar-refractivity contribution in [3.8, 4) is 0 Å². The van der Waals surface area contributed by atoms with Crippen LogP contribution in [0.4, 0.5) is 0 Å². The van der Waals surface area contributed by atoms with E-state index in [2.05, 4.69) is 34.1 Å². The first-order valence-electron chi connectivity index (χ1n) is 9.13. The molecule has 6 heteroatoms. The van der Waals surface area contributed by atoms with Gasteiger partial charge in [0.2, 0.25) is 5.91 Å². The lowest BCUT2D eigenvalue weighted by atomic mass is 9.89. The summed E-state index contributed by atoms with van der Waals surface area (Å²) in [5.74, 6) is -0.434. The predicted molar refractivity (Wildman–Crippen MR) is 95.8 cm³/mol. The van der Waals surface area contributed by atoms with Crippen LogP contribution in [0.5, 0.6) is 0 Å². The first-order valence-corrected chi connectivity index (χ1v) is 9.13. The maximum absolute atomic E-state index is 11.2. The van der Waals surface area contributed by atoms with Crippen molar-refractivity contribution in [3.63, 3.8) is 0 Å². The van der Waals surface area contributed by atoms with Crippen LogP contribution in [0.3, 0.4) is 0 Å². The minimum Gasteiger partial charge on any atom is -0.388 e. The van der Waals surface area contributed by atoms with Crippen molar-refractivity contribution in [2.45, 2.75) is 38.0 Å². The number of piperidine rings is 1. The number of amides is 1. The molecule has 6 nitrogen and oxygen atoms in total. The van der Waals surface area contributed by atoms with E-state index in [1.807, 2.05) is 0 Å². The smallest absolute Gasteiger partial charge is 0.220 e. The van der Waals surface area contributed by atoms with E-state index in [4.69, 9.17) is 10.5 Å². The van der Waals surface area contributed by atoms with Gasteiger partial charge in [-0.25, -0.2) is 0 Å². The maximum atomic E-state index is 11.2. The third-order valence-electron chi connectivity index (χ3n) is 5.08. The highest BCUT2D eigenvalue weighted by molar-refractivity contribution is 5.75. The first kappa shape index (κ1) is 18.3. The highest BCUT2D eigenvalue weighted by Gasteiger charge is 2.34. The second-order valence-corrected chi connectivity index (χ2v) is 7.39.